The van der Waals surface area contributed by atoms with Gasteiger partial charge in [-0.05, 0) is 38.3 Å². The van der Waals surface area contributed by atoms with Gasteiger partial charge < -0.3 is 9.64 Å². The molecule has 0 bridgehead atoms. The van der Waals surface area contributed by atoms with Crippen molar-refractivity contribution in [3.8, 4) is 0 Å². The first kappa shape index (κ1) is 19.1. The highest BCUT2D eigenvalue weighted by Crippen LogP contribution is 2.41. The molecule has 2 atom stereocenters. The average Bonchev–Trinajstić information content (AvgIpc) is 2.89. The molecule has 3 nitrogen and oxygen atoms in total. The van der Waals surface area contributed by atoms with Crippen molar-refractivity contribution in [3.63, 3.8) is 0 Å². The number of nitrogens with zero attached hydrogens (tertiary/aromatic N) is 1. The normalized spacial score (nSPS) is 21.9. The van der Waals surface area contributed by atoms with Crippen LogP contribution in [0.5, 0.6) is 0 Å². The lowest BCUT2D eigenvalue weighted by Crippen LogP contribution is -2.35. The van der Waals surface area contributed by atoms with E-state index in [-0.39, 0.29) is 23.9 Å². The van der Waals surface area contributed by atoms with E-state index in [1.165, 1.54) is 17.0 Å². The Morgan fingerprint density at radius 2 is 1.88 bits per heavy atom. The van der Waals surface area contributed by atoms with Crippen LogP contribution in [-0.4, -0.2) is 35.0 Å². The largest absolute Gasteiger partial charge is 0.444 e. The molecular formula is C17H21BrF3NO2. The van der Waals surface area contributed by atoms with E-state index in [9.17, 15) is 18.0 Å². The Bertz CT molecular complexity index is 598. The van der Waals surface area contributed by atoms with E-state index in [1.54, 1.807) is 26.8 Å². The lowest BCUT2D eigenvalue weighted by atomic mass is 9.87. The van der Waals surface area contributed by atoms with Crippen molar-refractivity contribution in [1.29, 1.82) is 0 Å². The molecule has 0 aromatic heterocycles. The molecule has 0 saturated carbocycles. The van der Waals surface area contributed by atoms with Crippen molar-refractivity contribution in [1.82, 2.24) is 4.90 Å². The molecule has 1 fully saturated rings. The van der Waals surface area contributed by atoms with Gasteiger partial charge >= 0.3 is 12.3 Å². The molecule has 0 spiro atoms. The quantitative estimate of drug-likeness (QED) is 0.641. The molecule has 0 radical (unpaired) electrons. The van der Waals surface area contributed by atoms with E-state index in [2.05, 4.69) is 15.9 Å². The van der Waals surface area contributed by atoms with Crippen LogP contribution in [0.4, 0.5) is 18.0 Å². The van der Waals surface area contributed by atoms with Crippen molar-refractivity contribution >= 4 is 22.0 Å². The van der Waals surface area contributed by atoms with Crippen LogP contribution in [0.25, 0.3) is 0 Å². The Labute approximate surface area is 148 Å². The van der Waals surface area contributed by atoms with Gasteiger partial charge in [0, 0.05) is 24.3 Å². The van der Waals surface area contributed by atoms with Gasteiger partial charge in [-0.2, -0.15) is 13.2 Å². The summed E-state index contributed by atoms with van der Waals surface area (Å²) < 4.78 is 45.2. The number of ether oxygens (including phenoxy) is 1. The standard InChI is InChI=1S/C17H21BrF3NO2/c1-16(2,3)24-15(23)22-9-11(8-18)13(10-22)12-6-4-5-7-14(12)17(19,20)21/h4-7,11,13H,8-10H2,1-3H3/t11-,13-/m0/s1. The average molecular weight is 408 g/mol. The van der Waals surface area contributed by atoms with Gasteiger partial charge in [-0.15, -0.1) is 0 Å². The Balaban J connectivity index is 2.27. The van der Waals surface area contributed by atoms with E-state index in [1.807, 2.05) is 0 Å². The lowest BCUT2D eigenvalue weighted by Gasteiger charge is -2.24. The van der Waals surface area contributed by atoms with Crippen LogP contribution in [0.15, 0.2) is 24.3 Å². The maximum Gasteiger partial charge on any atom is 0.416 e. The first-order valence-corrected chi connectivity index (χ1v) is 8.85. The van der Waals surface area contributed by atoms with Crippen molar-refractivity contribution < 1.29 is 22.7 Å². The van der Waals surface area contributed by atoms with E-state index in [0.717, 1.165) is 6.07 Å². The third-order valence-corrected chi connectivity index (χ3v) is 4.79. The summed E-state index contributed by atoms with van der Waals surface area (Å²) in [5.41, 5.74) is -1.03. The van der Waals surface area contributed by atoms with Crippen molar-refractivity contribution in [2.75, 3.05) is 18.4 Å². The van der Waals surface area contributed by atoms with Gasteiger partial charge in [0.15, 0.2) is 0 Å². The molecule has 7 heteroatoms. The van der Waals surface area contributed by atoms with Gasteiger partial charge in [-0.1, -0.05) is 34.1 Å². The predicted molar refractivity (Wildman–Crippen MR) is 89.3 cm³/mol. The fraction of sp³-hybridized carbons (Fsp3) is 0.588. The first-order chi connectivity index (χ1) is 11.0. The second kappa shape index (κ2) is 6.94. The van der Waals surface area contributed by atoms with Gasteiger partial charge in [0.05, 0.1) is 5.56 Å². The SMILES string of the molecule is CC(C)(C)OC(=O)N1C[C@H](CBr)[C@@H](c2ccccc2C(F)(F)F)C1. The molecule has 1 aliphatic rings. The molecule has 1 aliphatic heterocycles. The third kappa shape index (κ3) is 4.43. The summed E-state index contributed by atoms with van der Waals surface area (Å²) in [6.45, 7) is 5.88. The van der Waals surface area contributed by atoms with Crippen molar-refractivity contribution in [3.05, 3.63) is 35.4 Å². The number of carbonyl (C=O) groups excluding carboxylic acids is 1. The smallest absolute Gasteiger partial charge is 0.416 e. The molecule has 134 valence electrons. The summed E-state index contributed by atoms with van der Waals surface area (Å²) in [5, 5.41) is 0.517. The number of rotatable bonds is 2. The van der Waals surface area contributed by atoms with Crippen molar-refractivity contribution in [2.45, 2.75) is 38.5 Å². The number of hydrogen-bond donors (Lipinski definition) is 0. The predicted octanol–water partition coefficient (Wildman–Crippen LogP) is 5.05. The summed E-state index contributed by atoms with van der Waals surface area (Å²) in [6.07, 6.45) is -4.90. The Kier molecular flexibility index (Phi) is 5.52. The number of likely N-dealkylation sites (tertiary alicyclic amines) is 1. The summed E-state index contributed by atoms with van der Waals surface area (Å²) in [5.74, 6) is -0.476. The molecule has 0 aliphatic carbocycles. The fourth-order valence-corrected chi connectivity index (χ4v) is 3.59. The summed E-state index contributed by atoms with van der Waals surface area (Å²) in [6, 6.07) is 5.58. The minimum atomic E-state index is -4.41. The summed E-state index contributed by atoms with van der Waals surface area (Å²) in [4.78, 5) is 13.7. The number of carbonyl (C=O) groups is 1. The zero-order chi connectivity index (χ0) is 18.1. The molecule has 24 heavy (non-hydrogen) atoms. The maximum absolute atomic E-state index is 13.3. The van der Waals surface area contributed by atoms with Crippen LogP contribution in [0.2, 0.25) is 0 Å². The minimum absolute atomic E-state index is 0.0963. The highest BCUT2D eigenvalue weighted by molar-refractivity contribution is 9.09. The van der Waals surface area contributed by atoms with Gasteiger partial charge in [0.2, 0.25) is 0 Å². The Morgan fingerprint density at radius 3 is 2.42 bits per heavy atom. The second-order valence-electron chi connectivity index (χ2n) is 6.99. The molecule has 1 aromatic carbocycles. The summed E-state index contributed by atoms with van der Waals surface area (Å²) in [7, 11) is 0. The van der Waals surface area contributed by atoms with E-state index in [0.29, 0.717) is 11.9 Å². The van der Waals surface area contributed by atoms with Crippen LogP contribution in [0.1, 0.15) is 37.8 Å². The van der Waals surface area contributed by atoms with Crippen LogP contribution in [-0.2, 0) is 10.9 Å². The monoisotopic (exact) mass is 407 g/mol. The van der Waals surface area contributed by atoms with Gasteiger partial charge in [-0.25, -0.2) is 4.79 Å². The second-order valence-corrected chi connectivity index (χ2v) is 7.64. The summed E-state index contributed by atoms with van der Waals surface area (Å²) >= 11 is 3.37. The highest BCUT2D eigenvalue weighted by atomic mass is 79.9. The Morgan fingerprint density at radius 1 is 1.25 bits per heavy atom. The third-order valence-electron chi connectivity index (χ3n) is 3.96. The van der Waals surface area contributed by atoms with Crippen LogP contribution in [0, 0.1) is 5.92 Å². The maximum atomic E-state index is 13.3. The lowest BCUT2D eigenvalue weighted by molar-refractivity contribution is -0.138. The van der Waals surface area contributed by atoms with Crippen LogP contribution in [0.3, 0.4) is 0 Å². The van der Waals surface area contributed by atoms with E-state index >= 15 is 0 Å². The zero-order valence-electron chi connectivity index (χ0n) is 13.9. The van der Waals surface area contributed by atoms with Gasteiger partial charge in [0.1, 0.15) is 5.60 Å². The molecule has 0 unspecified atom stereocenters. The zero-order valence-corrected chi connectivity index (χ0v) is 15.4. The molecule has 2 rings (SSSR count). The van der Waals surface area contributed by atoms with Crippen LogP contribution < -0.4 is 0 Å². The van der Waals surface area contributed by atoms with E-state index < -0.39 is 23.4 Å². The molecule has 1 saturated heterocycles. The van der Waals surface area contributed by atoms with Gasteiger partial charge in [0.25, 0.3) is 0 Å². The van der Waals surface area contributed by atoms with Gasteiger partial charge in [-0.3, -0.25) is 0 Å². The molecule has 1 heterocycles. The Hall–Kier alpha value is -1.24. The number of hydrogen-bond acceptors (Lipinski definition) is 2. The first-order valence-electron chi connectivity index (χ1n) is 7.73. The number of amides is 1. The number of alkyl halides is 4. The molecule has 1 amide bonds. The van der Waals surface area contributed by atoms with E-state index in [4.69, 9.17) is 4.74 Å². The topological polar surface area (TPSA) is 29.5 Å². The minimum Gasteiger partial charge on any atom is -0.444 e. The fourth-order valence-electron chi connectivity index (χ4n) is 2.93. The molecule has 1 aromatic rings. The number of halogens is 4. The molecule has 0 N–H and O–H groups in total. The van der Waals surface area contributed by atoms with Crippen molar-refractivity contribution in [2.24, 2.45) is 5.92 Å². The highest BCUT2D eigenvalue weighted by Gasteiger charge is 2.42. The van der Waals surface area contributed by atoms with Crippen LogP contribution >= 0.6 is 15.9 Å². The number of benzene rings is 1. The molecular weight excluding hydrogens is 387 g/mol.